The van der Waals surface area contributed by atoms with E-state index in [1.807, 2.05) is 0 Å². The second-order valence-electron chi connectivity index (χ2n) is 2.73. The number of ether oxygens (including phenoxy) is 1. The Labute approximate surface area is 94.0 Å². The minimum absolute atomic E-state index is 0.00340. The van der Waals surface area contributed by atoms with Crippen LogP contribution < -0.4 is 5.46 Å². The van der Waals surface area contributed by atoms with Gasteiger partial charge in [-0.25, -0.2) is 9.18 Å². The summed E-state index contributed by atoms with van der Waals surface area (Å²) < 4.78 is 17.7. The molecule has 0 unspecified atom stereocenters. The van der Waals surface area contributed by atoms with Crippen molar-refractivity contribution in [1.82, 2.24) is 0 Å². The quantitative estimate of drug-likeness (QED) is 0.592. The maximum absolute atomic E-state index is 13.4. The van der Waals surface area contributed by atoms with Gasteiger partial charge in [0.15, 0.2) is 5.82 Å². The molecule has 0 amide bonds. The smallest absolute Gasteiger partial charge is 0.465 e. The highest BCUT2D eigenvalue weighted by Crippen LogP contribution is 2.18. The molecule has 0 saturated heterocycles. The van der Waals surface area contributed by atoms with Crippen LogP contribution in [0.5, 0.6) is 0 Å². The van der Waals surface area contributed by atoms with Crippen LogP contribution >= 0.6 is 15.9 Å². The second-order valence-corrected chi connectivity index (χ2v) is 3.58. The van der Waals surface area contributed by atoms with Crippen LogP contribution in [-0.4, -0.2) is 30.2 Å². The van der Waals surface area contributed by atoms with Gasteiger partial charge in [0, 0.05) is 0 Å². The van der Waals surface area contributed by atoms with Gasteiger partial charge in [0.2, 0.25) is 0 Å². The largest absolute Gasteiger partial charge is 0.488 e. The minimum atomic E-state index is -1.77. The molecule has 0 spiro atoms. The molecule has 0 heterocycles. The van der Waals surface area contributed by atoms with Gasteiger partial charge in [-0.2, -0.15) is 0 Å². The zero-order chi connectivity index (χ0) is 11.6. The molecule has 0 aromatic heterocycles. The Morgan fingerprint density at radius 3 is 2.60 bits per heavy atom. The fourth-order valence-electron chi connectivity index (χ4n) is 1.02. The normalized spacial score (nSPS) is 9.93. The average Bonchev–Trinajstić information content (AvgIpc) is 2.20. The highest BCUT2D eigenvalue weighted by molar-refractivity contribution is 9.10. The maximum atomic E-state index is 13.4. The topological polar surface area (TPSA) is 66.8 Å². The van der Waals surface area contributed by atoms with E-state index in [0.29, 0.717) is 0 Å². The summed E-state index contributed by atoms with van der Waals surface area (Å²) in [6.45, 7) is 0. The predicted octanol–water partition coefficient (Wildman–Crippen LogP) is 0.0546. The third-order valence-corrected chi connectivity index (χ3v) is 2.33. The molecule has 0 saturated carbocycles. The molecule has 2 N–H and O–H groups in total. The highest BCUT2D eigenvalue weighted by atomic mass is 79.9. The monoisotopic (exact) mass is 276 g/mol. The summed E-state index contributed by atoms with van der Waals surface area (Å²) in [4.78, 5) is 11.1. The molecule has 15 heavy (non-hydrogen) atoms. The number of carbonyl (C=O) groups excluding carboxylic acids is 1. The summed E-state index contributed by atoms with van der Waals surface area (Å²) in [5.74, 6) is -1.68. The fraction of sp³-hybridized carbons (Fsp3) is 0.125. The predicted molar refractivity (Wildman–Crippen MR) is 55.3 cm³/mol. The molecule has 0 atom stereocenters. The molecule has 80 valence electrons. The van der Waals surface area contributed by atoms with Gasteiger partial charge in [0.1, 0.15) is 0 Å². The van der Waals surface area contributed by atoms with E-state index in [1.54, 1.807) is 0 Å². The zero-order valence-electron chi connectivity index (χ0n) is 7.70. The number of methoxy groups -OCH3 is 1. The first kappa shape index (κ1) is 12.2. The summed E-state index contributed by atoms with van der Waals surface area (Å²) >= 11 is 2.86. The van der Waals surface area contributed by atoms with Crippen molar-refractivity contribution in [1.29, 1.82) is 0 Å². The lowest BCUT2D eigenvalue weighted by Crippen LogP contribution is -2.31. The lowest BCUT2D eigenvalue weighted by molar-refractivity contribution is 0.0595. The van der Waals surface area contributed by atoms with Crippen LogP contribution in [0.1, 0.15) is 10.4 Å². The Balaban J connectivity index is 3.31. The summed E-state index contributed by atoms with van der Waals surface area (Å²) in [5, 5.41) is 17.8. The second kappa shape index (κ2) is 4.74. The van der Waals surface area contributed by atoms with E-state index >= 15 is 0 Å². The number of hydrogen-bond acceptors (Lipinski definition) is 4. The molecule has 1 aromatic carbocycles. The van der Waals surface area contributed by atoms with E-state index in [1.165, 1.54) is 6.07 Å². The highest BCUT2D eigenvalue weighted by Gasteiger charge is 2.20. The Hall–Kier alpha value is -0.915. The average molecular weight is 277 g/mol. The van der Waals surface area contributed by atoms with Crippen molar-refractivity contribution in [2.45, 2.75) is 0 Å². The van der Waals surface area contributed by atoms with Gasteiger partial charge in [-0.1, -0.05) is 0 Å². The molecule has 1 aromatic rings. The first-order chi connectivity index (χ1) is 6.97. The van der Waals surface area contributed by atoms with Crippen molar-refractivity contribution >= 4 is 34.5 Å². The molecule has 0 aliphatic heterocycles. The first-order valence-electron chi connectivity index (χ1n) is 3.90. The molecule has 1 rings (SSSR count). The molecule has 7 heteroatoms. The third kappa shape index (κ3) is 2.56. The Morgan fingerprint density at radius 2 is 2.13 bits per heavy atom. The van der Waals surface area contributed by atoms with E-state index in [2.05, 4.69) is 20.7 Å². The summed E-state index contributed by atoms with van der Waals surface area (Å²) in [6.07, 6.45) is 0. The lowest BCUT2D eigenvalue weighted by atomic mass is 9.79. The Morgan fingerprint density at radius 1 is 1.53 bits per heavy atom. The van der Waals surface area contributed by atoms with Crippen molar-refractivity contribution in [2.75, 3.05) is 7.11 Å². The van der Waals surface area contributed by atoms with Gasteiger partial charge >= 0.3 is 13.1 Å². The van der Waals surface area contributed by atoms with Crippen LogP contribution in [0.2, 0.25) is 0 Å². The third-order valence-electron chi connectivity index (χ3n) is 1.75. The SMILES string of the molecule is COC(=O)c1cc(B(O)O)cc(Br)c1F. The molecule has 4 nitrogen and oxygen atoms in total. The van der Waals surface area contributed by atoms with E-state index in [4.69, 9.17) is 10.0 Å². The van der Waals surface area contributed by atoms with Crippen molar-refractivity contribution in [3.05, 3.63) is 28.0 Å². The van der Waals surface area contributed by atoms with Crippen LogP contribution in [0.4, 0.5) is 4.39 Å². The molecule has 0 fully saturated rings. The van der Waals surface area contributed by atoms with Crippen LogP contribution in [0.15, 0.2) is 16.6 Å². The zero-order valence-corrected chi connectivity index (χ0v) is 9.28. The summed E-state index contributed by atoms with van der Waals surface area (Å²) in [6, 6.07) is 2.20. The molecule has 0 radical (unpaired) electrons. The van der Waals surface area contributed by atoms with Gasteiger partial charge in [0.25, 0.3) is 0 Å². The molecule has 0 aliphatic carbocycles. The molecule has 0 aliphatic rings. The van der Waals surface area contributed by atoms with Crippen molar-refractivity contribution < 1.29 is 24.0 Å². The van der Waals surface area contributed by atoms with Crippen molar-refractivity contribution in [3.63, 3.8) is 0 Å². The summed E-state index contributed by atoms with van der Waals surface area (Å²) in [5.41, 5.74) is -0.348. The van der Waals surface area contributed by atoms with Gasteiger partial charge in [-0.05, 0) is 33.5 Å². The Bertz CT molecular complexity index is 396. The van der Waals surface area contributed by atoms with E-state index in [-0.39, 0.29) is 15.5 Å². The van der Waals surface area contributed by atoms with Crippen LogP contribution in [0.3, 0.4) is 0 Å². The van der Waals surface area contributed by atoms with Gasteiger partial charge < -0.3 is 14.8 Å². The number of rotatable bonds is 2. The van der Waals surface area contributed by atoms with Gasteiger partial charge in [0.05, 0.1) is 17.1 Å². The van der Waals surface area contributed by atoms with Crippen LogP contribution in [0.25, 0.3) is 0 Å². The van der Waals surface area contributed by atoms with Crippen molar-refractivity contribution in [2.24, 2.45) is 0 Å². The fourth-order valence-corrected chi connectivity index (χ4v) is 1.50. The number of halogens is 2. The molecular weight excluding hydrogens is 270 g/mol. The van der Waals surface area contributed by atoms with E-state index in [0.717, 1.165) is 13.2 Å². The van der Waals surface area contributed by atoms with Gasteiger partial charge in [-0.3, -0.25) is 0 Å². The lowest BCUT2D eigenvalue weighted by Gasteiger charge is -2.06. The van der Waals surface area contributed by atoms with E-state index in [9.17, 15) is 9.18 Å². The van der Waals surface area contributed by atoms with Gasteiger partial charge in [-0.15, -0.1) is 0 Å². The molecular formula is C8H7BBrFO4. The van der Waals surface area contributed by atoms with Crippen LogP contribution in [-0.2, 0) is 4.74 Å². The summed E-state index contributed by atoms with van der Waals surface area (Å²) in [7, 11) is -0.664. The molecule has 0 bridgehead atoms. The van der Waals surface area contributed by atoms with E-state index < -0.39 is 18.9 Å². The van der Waals surface area contributed by atoms with Crippen LogP contribution in [0, 0.1) is 5.82 Å². The number of carbonyl (C=O) groups is 1. The van der Waals surface area contributed by atoms with Crippen molar-refractivity contribution in [3.8, 4) is 0 Å². The standard InChI is InChI=1S/C8H7BBrFO4/c1-15-8(12)5-2-4(9(13)14)3-6(10)7(5)11/h2-3,13-14H,1H3. The number of esters is 1. The Kier molecular flexibility index (Phi) is 3.84. The minimum Gasteiger partial charge on any atom is -0.465 e. The number of hydrogen-bond donors (Lipinski definition) is 2. The number of benzene rings is 1. The maximum Gasteiger partial charge on any atom is 0.488 e. The first-order valence-corrected chi connectivity index (χ1v) is 4.70.